The van der Waals surface area contributed by atoms with E-state index in [2.05, 4.69) is 11.8 Å². The van der Waals surface area contributed by atoms with Crippen molar-refractivity contribution in [2.45, 2.75) is 65.0 Å². The zero-order chi connectivity index (χ0) is 18.8. The molecular formula is C19H31N3O3. The molecule has 1 saturated heterocycles. The Balaban J connectivity index is 2.29. The zero-order valence-corrected chi connectivity index (χ0v) is 16.1. The molecule has 1 aromatic heterocycles. The Morgan fingerprint density at radius 2 is 2.04 bits per heavy atom. The molecule has 1 fully saturated rings. The number of unbranched alkanes of at least 4 members (excludes halogenated alkanes) is 1. The van der Waals surface area contributed by atoms with Crippen LogP contribution < -0.4 is 5.73 Å². The highest BCUT2D eigenvalue weighted by Gasteiger charge is 2.34. The molecule has 1 aliphatic heterocycles. The van der Waals surface area contributed by atoms with Gasteiger partial charge in [-0.3, -0.25) is 14.5 Å². The van der Waals surface area contributed by atoms with Crippen LogP contribution in [0.1, 0.15) is 68.8 Å². The first-order valence-electron chi connectivity index (χ1n) is 9.07. The maximum absolute atomic E-state index is 12.6. The molecule has 140 valence electrons. The molecule has 6 heteroatoms. The van der Waals surface area contributed by atoms with Crippen LogP contribution in [0, 0.1) is 0 Å². The first kappa shape index (κ1) is 19.5. The Morgan fingerprint density at radius 1 is 1.36 bits per heavy atom. The summed E-state index contributed by atoms with van der Waals surface area (Å²) in [4.78, 5) is 28.2. The van der Waals surface area contributed by atoms with Crippen LogP contribution in [0.2, 0.25) is 0 Å². The van der Waals surface area contributed by atoms with Gasteiger partial charge >= 0.3 is 0 Å². The summed E-state index contributed by atoms with van der Waals surface area (Å²) in [6, 6.07) is 1.63. The molecule has 1 aliphatic rings. The quantitative estimate of drug-likeness (QED) is 0.856. The molecule has 1 unspecified atom stereocenters. The van der Waals surface area contributed by atoms with Crippen molar-refractivity contribution in [3.05, 3.63) is 23.2 Å². The minimum Gasteiger partial charge on any atom is -0.455 e. The van der Waals surface area contributed by atoms with Crippen LogP contribution in [0.3, 0.4) is 0 Å². The molecule has 0 radical (unpaired) electrons. The minimum atomic E-state index is -0.561. The van der Waals surface area contributed by atoms with E-state index in [-0.39, 0.29) is 23.1 Å². The standard InChI is InChI=1S/C19H31N3O3/c1-6-7-8-14-18(24)21(5)9-10-22(14)12-13-11-15(17(20)23)25-16(13)19(2,3)4/h11,14H,6-10,12H2,1-5H3,(H2,20,23). The van der Waals surface area contributed by atoms with Crippen molar-refractivity contribution in [3.8, 4) is 0 Å². The number of rotatable bonds is 6. The summed E-state index contributed by atoms with van der Waals surface area (Å²) in [7, 11) is 1.86. The second kappa shape index (κ2) is 7.60. The van der Waals surface area contributed by atoms with Crippen LogP contribution in [0.25, 0.3) is 0 Å². The lowest BCUT2D eigenvalue weighted by atomic mass is 9.90. The Morgan fingerprint density at radius 3 is 2.60 bits per heavy atom. The van der Waals surface area contributed by atoms with Gasteiger partial charge in [-0.1, -0.05) is 40.5 Å². The summed E-state index contributed by atoms with van der Waals surface area (Å²) in [5, 5.41) is 0. The zero-order valence-electron chi connectivity index (χ0n) is 16.1. The molecule has 0 aromatic carbocycles. The van der Waals surface area contributed by atoms with E-state index in [9.17, 15) is 9.59 Å². The average molecular weight is 349 g/mol. The van der Waals surface area contributed by atoms with Crippen molar-refractivity contribution in [1.29, 1.82) is 0 Å². The monoisotopic (exact) mass is 349 g/mol. The number of furan rings is 1. The molecule has 0 bridgehead atoms. The third kappa shape index (κ3) is 4.42. The van der Waals surface area contributed by atoms with Crippen molar-refractivity contribution in [2.24, 2.45) is 5.73 Å². The average Bonchev–Trinajstić information content (AvgIpc) is 2.95. The topological polar surface area (TPSA) is 79.8 Å². The van der Waals surface area contributed by atoms with Crippen LogP contribution in [0.15, 0.2) is 10.5 Å². The van der Waals surface area contributed by atoms with E-state index in [0.29, 0.717) is 13.1 Å². The van der Waals surface area contributed by atoms with Gasteiger partial charge in [0.1, 0.15) is 5.76 Å². The van der Waals surface area contributed by atoms with Crippen LogP contribution in [0.4, 0.5) is 0 Å². The Bertz CT molecular complexity index is 630. The van der Waals surface area contributed by atoms with E-state index in [1.807, 2.05) is 32.7 Å². The fourth-order valence-electron chi connectivity index (χ4n) is 3.37. The van der Waals surface area contributed by atoms with Crippen LogP contribution in [0.5, 0.6) is 0 Å². The van der Waals surface area contributed by atoms with Crippen molar-refractivity contribution in [1.82, 2.24) is 9.80 Å². The molecule has 2 rings (SSSR count). The molecule has 1 atom stereocenters. The van der Waals surface area contributed by atoms with Gasteiger partial charge in [-0.25, -0.2) is 0 Å². The second-order valence-electron chi connectivity index (χ2n) is 7.97. The summed E-state index contributed by atoms with van der Waals surface area (Å²) < 4.78 is 5.75. The van der Waals surface area contributed by atoms with Gasteiger partial charge in [0.15, 0.2) is 5.76 Å². The second-order valence-corrected chi connectivity index (χ2v) is 7.97. The van der Waals surface area contributed by atoms with E-state index < -0.39 is 5.91 Å². The molecule has 25 heavy (non-hydrogen) atoms. The first-order valence-corrected chi connectivity index (χ1v) is 9.07. The van der Waals surface area contributed by atoms with Gasteiger partial charge in [-0.05, 0) is 12.5 Å². The number of carbonyl (C=O) groups is 2. The lowest BCUT2D eigenvalue weighted by Gasteiger charge is -2.39. The molecule has 2 heterocycles. The highest BCUT2D eigenvalue weighted by molar-refractivity contribution is 5.90. The molecular weight excluding hydrogens is 318 g/mol. The highest BCUT2D eigenvalue weighted by Crippen LogP contribution is 2.31. The number of carbonyl (C=O) groups excluding carboxylic acids is 2. The largest absolute Gasteiger partial charge is 0.455 e. The molecule has 2 amide bonds. The molecule has 0 aliphatic carbocycles. The third-order valence-electron chi connectivity index (χ3n) is 4.76. The number of piperazine rings is 1. The summed E-state index contributed by atoms with van der Waals surface area (Å²) >= 11 is 0. The van der Waals surface area contributed by atoms with E-state index in [1.165, 1.54) is 0 Å². The van der Waals surface area contributed by atoms with Gasteiger partial charge < -0.3 is 15.1 Å². The van der Waals surface area contributed by atoms with Gasteiger partial charge in [0.05, 0.1) is 6.04 Å². The van der Waals surface area contributed by atoms with Crippen molar-refractivity contribution in [3.63, 3.8) is 0 Å². The number of hydrogen-bond acceptors (Lipinski definition) is 4. The predicted molar refractivity (Wildman–Crippen MR) is 97.3 cm³/mol. The molecule has 1 aromatic rings. The normalized spacial score (nSPS) is 19.5. The van der Waals surface area contributed by atoms with Crippen LogP contribution >= 0.6 is 0 Å². The van der Waals surface area contributed by atoms with Crippen molar-refractivity contribution < 1.29 is 14.0 Å². The molecule has 2 N–H and O–H groups in total. The number of amides is 2. The number of nitrogens with zero attached hydrogens (tertiary/aromatic N) is 2. The van der Waals surface area contributed by atoms with Crippen molar-refractivity contribution in [2.75, 3.05) is 20.1 Å². The first-order chi connectivity index (χ1) is 11.6. The fraction of sp³-hybridized carbons (Fsp3) is 0.684. The summed E-state index contributed by atoms with van der Waals surface area (Å²) in [5.74, 6) is 0.566. The fourth-order valence-corrected chi connectivity index (χ4v) is 3.37. The van der Waals surface area contributed by atoms with E-state index in [4.69, 9.17) is 10.2 Å². The number of nitrogens with two attached hydrogens (primary N) is 1. The van der Waals surface area contributed by atoms with E-state index in [0.717, 1.165) is 37.1 Å². The lowest BCUT2D eigenvalue weighted by Crippen LogP contribution is -2.55. The molecule has 0 spiro atoms. The van der Waals surface area contributed by atoms with Crippen LogP contribution in [-0.2, 0) is 16.8 Å². The number of primary amides is 1. The Hall–Kier alpha value is -1.82. The summed E-state index contributed by atoms with van der Waals surface area (Å²) in [5.41, 5.74) is 6.11. The van der Waals surface area contributed by atoms with Gasteiger partial charge in [-0.15, -0.1) is 0 Å². The predicted octanol–water partition coefficient (Wildman–Crippen LogP) is 2.51. The van der Waals surface area contributed by atoms with E-state index in [1.54, 1.807) is 6.07 Å². The maximum atomic E-state index is 12.6. The van der Waals surface area contributed by atoms with E-state index >= 15 is 0 Å². The third-order valence-corrected chi connectivity index (χ3v) is 4.76. The van der Waals surface area contributed by atoms with Gasteiger partial charge in [-0.2, -0.15) is 0 Å². The van der Waals surface area contributed by atoms with Gasteiger partial charge in [0.25, 0.3) is 5.91 Å². The lowest BCUT2D eigenvalue weighted by molar-refractivity contribution is -0.140. The highest BCUT2D eigenvalue weighted by atomic mass is 16.4. The summed E-state index contributed by atoms with van der Waals surface area (Å²) in [6.45, 7) is 10.4. The Kier molecular flexibility index (Phi) is 5.93. The maximum Gasteiger partial charge on any atom is 0.284 e. The molecule has 0 saturated carbocycles. The number of likely N-dealkylation sites (N-methyl/N-ethyl adjacent to an activating group) is 1. The van der Waals surface area contributed by atoms with Crippen LogP contribution in [-0.4, -0.2) is 47.8 Å². The molecule has 6 nitrogen and oxygen atoms in total. The van der Waals surface area contributed by atoms with Gasteiger partial charge in [0, 0.05) is 37.7 Å². The number of hydrogen-bond donors (Lipinski definition) is 1. The smallest absolute Gasteiger partial charge is 0.284 e. The summed E-state index contributed by atoms with van der Waals surface area (Å²) in [6.07, 6.45) is 2.93. The van der Waals surface area contributed by atoms with Crippen molar-refractivity contribution >= 4 is 11.8 Å². The SMILES string of the molecule is CCCCC1C(=O)N(C)CCN1Cc1cc(C(N)=O)oc1C(C)(C)C. The minimum absolute atomic E-state index is 0.113. The Labute approximate surface area is 150 Å². The van der Waals surface area contributed by atoms with Gasteiger partial charge in [0.2, 0.25) is 5.91 Å².